The topological polar surface area (TPSA) is 79.2 Å². The van der Waals surface area contributed by atoms with Gasteiger partial charge in [-0.05, 0) is 37.6 Å². The van der Waals surface area contributed by atoms with Gasteiger partial charge in [0.1, 0.15) is 0 Å². The summed E-state index contributed by atoms with van der Waals surface area (Å²) in [5, 5.41) is 18.6. The Morgan fingerprint density at radius 2 is 2.14 bits per heavy atom. The molecule has 0 bridgehead atoms. The molecule has 0 spiro atoms. The van der Waals surface area contributed by atoms with Gasteiger partial charge >= 0.3 is 6.03 Å². The number of benzene rings is 1. The number of nitrogens with zero attached hydrogens (tertiary/aromatic N) is 2. The average molecular weight is 288 g/mol. The molecule has 2 atom stereocenters. The van der Waals surface area contributed by atoms with Crippen LogP contribution in [0.1, 0.15) is 25.5 Å². The first kappa shape index (κ1) is 15.1. The molecule has 0 aliphatic carbocycles. The van der Waals surface area contributed by atoms with Crippen molar-refractivity contribution < 1.29 is 9.90 Å². The number of aliphatic hydroxyl groups is 1. The molecular weight excluding hydrogens is 268 g/mol. The van der Waals surface area contributed by atoms with Crippen molar-refractivity contribution in [1.82, 2.24) is 20.4 Å². The first-order chi connectivity index (χ1) is 10.1. The summed E-state index contributed by atoms with van der Waals surface area (Å²) >= 11 is 0. The van der Waals surface area contributed by atoms with Crippen molar-refractivity contribution in [2.45, 2.75) is 25.9 Å². The van der Waals surface area contributed by atoms with Crippen LogP contribution in [0.25, 0.3) is 5.69 Å². The Bertz CT molecular complexity index is 583. The molecule has 1 aromatic carbocycles. The van der Waals surface area contributed by atoms with E-state index >= 15 is 0 Å². The molecule has 2 unspecified atom stereocenters. The summed E-state index contributed by atoms with van der Waals surface area (Å²) < 4.78 is 1.77. The summed E-state index contributed by atoms with van der Waals surface area (Å²) in [4.78, 5) is 11.8. The second-order valence-corrected chi connectivity index (χ2v) is 4.97. The molecule has 2 aromatic rings. The molecular formula is C15H20N4O2. The molecule has 0 saturated heterocycles. The minimum Gasteiger partial charge on any atom is -0.394 e. The summed E-state index contributed by atoms with van der Waals surface area (Å²) in [6.07, 6.45) is 3.59. The number of nitrogens with one attached hydrogen (secondary N) is 2. The van der Waals surface area contributed by atoms with Crippen LogP contribution in [0, 0.1) is 0 Å². The predicted molar refractivity (Wildman–Crippen MR) is 80.2 cm³/mol. The van der Waals surface area contributed by atoms with Crippen molar-refractivity contribution in [3.63, 3.8) is 0 Å². The maximum atomic E-state index is 11.8. The van der Waals surface area contributed by atoms with E-state index in [1.165, 1.54) is 0 Å². The van der Waals surface area contributed by atoms with Gasteiger partial charge < -0.3 is 15.7 Å². The van der Waals surface area contributed by atoms with Gasteiger partial charge in [0, 0.05) is 12.4 Å². The van der Waals surface area contributed by atoms with Crippen LogP contribution in [0.3, 0.4) is 0 Å². The van der Waals surface area contributed by atoms with Gasteiger partial charge in [0.2, 0.25) is 0 Å². The number of urea groups is 1. The maximum absolute atomic E-state index is 11.8. The van der Waals surface area contributed by atoms with Crippen LogP contribution in [0.5, 0.6) is 0 Å². The van der Waals surface area contributed by atoms with Crippen LogP contribution in [-0.2, 0) is 0 Å². The summed E-state index contributed by atoms with van der Waals surface area (Å²) in [6.45, 7) is 3.56. The minimum atomic E-state index is -0.298. The molecule has 0 saturated carbocycles. The number of amides is 2. The van der Waals surface area contributed by atoms with Crippen LogP contribution >= 0.6 is 0 Å². The lowest BCUT2D eigenvalue weighted by molar-refractivity contribution is 0.218. The molecule has 1 aromatic heterocycles. The standard InChI is InChI=1S/C15H20N4O2/c1-11(10-20)17-15(21)18-12(2)13-5-3-6-14(9-13)19-8-4-7-16-19/h3-9,11-12,20H,10H2,1-2H3,(H2,17,18,21). The third-order valence-electron chi connectivity index (χ3n) is 3.14. The predicted octanol–water partition coefficient (Wildman–Crippen LogP) is 1.61. The highest BCUT2D eigenvalue weighted by Gasteiger charge is 2.12. The van der Waals surface area contributed by atoms with Crippen molar-refractivity contribution >= 4 is 6.03 Å². The number of carbonyl (C=O) groups is 1. The number of rotatable bonds is 5. The van der Waals surface area contributed by atoms with Crippen molar-refractivity contribution in [2.24, 2.45) is 0 Å². The van der Waals surface area contributed by atoms with E-state index in [0.29, 0.717) is 0 Å². The molecule has 6 heteroatoms. The van der Waals surface area contributed by atoms with E-state index in [0.717, 1.165) is 11.3 Å². The van der Waals surface area contributed by atoms with E-state index in [4.69, 9.17) is 5.11 Å². The third kappa shape index (κ3) is 4.06. The molecule has 112 valence electrons. The lowest BCUT2D eigenvalue weighted by atomic mass is 10.1. The van der Waals surface area contributed by atoms with E-state index in [1.807, 2.05) is 43.5 Å². The molecule has 2 rings (SSSR count). The Balaban J connectivity index is 2.04. The van der Waals surface area contributed by atoms with Gasteiger partial charge in [-0.1, -0.05) is 12.1 Å². The van der Waals surface area contributed by atoms with Gasteiger partial charge in [-0.15, -0.1) is 0 Å². The largest absolute Gasteiger partial charge is 0.394 e. The van der Waals surface area contributed by atoms with Gasteiger partial charge in [-0.25, -0.2) is 9.48 Å². The molecule has 21 heavy (non-hydrogen) atoms. The Kier molecular flexibility index (Phi) is 4.94. The molecule has 3 N–H and O–H groups in total. The SMILES string of the molecule is CC(CO)NC(=O)NC(C)c1cccc(-n2cccn2)c1. The highest BCUT2D eigenvalue weighted by atomic mass is 16.3. The number of hydrogen-bond acceptors (Lipinski definition) is 3. The zero-order chi connectivity index (χ0) is 15.2. The summed E-state index contributed by atoms with van der Waals surface area (Å²) in [6, 6.07) is 8.96. The highest BCUT2D eigenvalue weighted by molar-refractivity contribution is 5.74. The Morgan fingerprint density at radius 1 is 1.33 bits per heavy atom. The fourth-order valence-corrected chi connectivity index (χ4v) is 1.95. The highest BCUT2D eigenvalue weighted by Crippen LogP contribution is 2.16. The van der Waals surface area contributed by atoms with Crippen LogP contribution in [0.4, 0.5) is 4.79 Å². The lowest BCUT2D eigenvalue weighted by Crippen LogP contribution is -2.43. The molecule has 2 amide bonds. The van der Waals surface area contributed by atoms with E-state index in [-0.39, 0.29) is 24.7 Å². The smallest absolute Gasteiger partial charge is 0.315 e. The Hall–Kier alpha value is -2.34. The summed E-state index contributed by atoms with van der Waals surface area (Å²) in [5.41, 5.74) is 1.92. The van der Waals surface area contributed by atoms with Gasteiger partial charge in [0.15, 0.2) is 0 Å². The van der Waals surface area contributed by atoms with Crippen molar-refractivity contribution in [1.29, 1.82) is 0 Å². The maximum Gasteiger partial charge on any atom is 0.315 e. The second kappa shape index (κ2) is 6.90. The Morgan fingerprint density at radius 3 is 2.81 bits per heavy atom. The molecule has 0 fully saturated rings. The van der Waals surface area contributed by atoms with Gasteiger partial charge in [-0.2, -0.15) is 5.10 Å². The van der Waals surface area contributed by atoms with E-state index in [1.54, 1.807) is 17.8 Å². The minimum absolute atomic E-state index is 0.0867. The third-order valence-corrected chi connectivity index (χ3v) is 3.14. The number of hydrogen-bond donors (Lipinski definition) is 3. The molecule has 6 nitrogen and oxygen atoms in total. The van der Waals surface area contributed by atoms with Crippen LogP contribution in [0.2, 0.25) is 0 Å². The Labute approximate surface area is 123 Å². The van der Waals surface area contributed by atoms with Gasteiger partial charge in [0.25, 0.3) is 0 Å². The first-order valence-electron chi connectivity index (χ1n) is 6.88. The normalized spacial score (nSPS) is 13.5. The summed E-state index contributed by atoms with van der Waals surface area (Å²) in [7, 11) is 0. The van der Waals surface area contributed by atoms with E-state index < -0.39 is 0 Å². The van der Waals surface area contributed by atoms with Crippen LogP contribution in [0.15, 0.2) is 42.7 Å². The van der Waals surface area contributed by atoms with Gasteiger partial charge in [0.05, 0.1) is 24.4 Å². The van der Waals surface area contributed by atoms with Crippen molar-refractivity contribution in [3.05, 3.63) is 48.3 Å². The number of carbonyl (C=O) groups excluding carboxylic acids is 1. The fraction of sp³-hybridized carbons (Fsp3) is 0.333. The number of aliphatic hydroxyl groups excluding tert-OH is 1. The second-order valence-electron chi connectivity index (χ2n) is 4.97. The number of aromatic nitrogens is 2. The van der Waals surface area contributed by atoms with E-state index in [9.17, 15) is 4.79 Å². The lowest BCUT2D eigenvalue weighted by Gasteiger charge is -2.18. The van der Waals surface area contributed by atoms with Gasteiger partial charge in [-0.3, -0.25) is 0 Å². The van der Waals surface area contributed by atoms with E-state index in [2.05, 4.69) is 15.7 Å². The summed E-state index contributed by atoms with van der Waals surface area (Å²) in [5.74, 6) is 0. The molecule has 1 heterocycles. The fourth-order valence-electron chi connectivity index (χ4n) is 1.95. The van der Waals surface area contributed by atoms with Crippen LogP contribution in [-0.4, -0.2) is 33.6 Å². The molecule has 0 aliphatic rings. The average Bonchev–Trinajstić information content (AvgIpc) is 3.01. The zero-order valence-corrected chi connectivity index (χ0v) is 12.2. The zero-order valence-electron chi connectivity index (χ0n) is 12.2. The van der Waals surface area contributed by atoms with Crippen molar-refractivity contribution in [3.8, 4) is 5.69 Å². The monoisotopic (exact) mass is 288 g/mol. The molecule has 0 radical (unpaired) electrons. The van der Waals surface area contributed by atoms with Crippen molar-refractivity contribution in [2.75, 3.05) is 6.61 Å². The van der Waals surface area contributed by atoms with Crippen LogP contribution < -0.4 is 10.6 Å². The molecule has 0 aliphatic heterocycles. The quantitative estimate of drug-likeness (QED) is 0.782. The first-order valence-corrected chi connectivity index (χ1v) is 6.88.